The van der Waals surface area contributed by atoms with Gasteiger partial charge in [-0.3, -0.25) is 9.78 Å². The molecule has 0 aliphatic rings. The van der Waals surface area contributed by atoms with E-state index in [0.29, 0.717) is 5.69 Å². The van der Waals surface area contributed by atoms with Crippen LogP contribution in [0.5, 0.6) is 0 Å². The maximum atomic E-state index is 13.8. The van der Waals surface area contributed by atoms with Crippen LogP contribution in [0.2, 0.25) is 0 Å². The van der Waals surface area contributed by atoms with Gasteiger partial charge in [0.05, 0.1) is 11.3 Å². The Bertz CT molecular complexity index is 1150. The van der Waals surface area contributed by atoms with Gasteiger partial charge in [-0.1, -0.05) is 12.1 Å². The van der Waals surface area contributed by atoms with Crippen molar-refractivity contribution in [3.63, 3.8) is 0 Å². The number of carbonyl (C=O) groups excluding carboxylic acids is 1. The van der Waals surface area contributed by atoms with Crippen LogP contribution in [0, 0.1) is 11.6 Å². The lowest BCUT2D eigenvalue weighted by Crippen LogP contribution is -2.14. The summed E-state index contributed by atoms with van der Waals surface area (Å²) in [6.45, 7) is 0. The zero-order valence-electron chi connectivity index (χ0n) is 14.4. The molecule has 0 unspecified atom stereocenters. The van der Waals surface area contributed by atoms with Crippen LogP contribution in [-0.4, -0.2) is 15.9 Å². The number of halogens is 2. The minimum absolute atomic E-state index is 0.348. The van der Waals surface area contributed by atoms with Gasteiger partial charge in [0, 0.05) is 34.6 Å². The lowest BCUT2D eigenvalue weighted by Gasteiger charge is -2.07. The van der Waals surface area contributed by atoms with Crippen molar-refractivity contribution in [3.05, 3.63) is 89.6 Å². The number of carbonyl (C=O) groups is 1. The average molecular weight is 393 g/mol. The van der Waals surface area contributed by atoms with Gasteiger partial charge in [0.2, 0.25) is 0 Å². The standard InChI is InChI=1S/C21H13F2N3OS/c22-15-4-5-18(23)17(11-15)20(27)25-16-3-1-2-14(10-16)19-12-28-21(26-19)13-6-8-24-9-7-13/h1-12H,(H,25,27). The van der Waals surface area contributed by atoms with E-state index < -0.39 is 17.5 Å². The first-order valence-electron chi connectivity index (χ1n) is 8.33. The van der Waals surface area contributed by atoms with Gasteiger partial charge in [0.25, 0.3) is 5.91 Å². The number of amides is 1. The van der Waals surface area contributed by atoms with Gasteiger partial charge in [-0.25, -0.2) is 13.8 Å². The van der Waals surface area contributed by atoms with Crippen LogP contribution in [0.4, 0.5) is 14.5 Å². The Morgan fingerprint density at radius 3 is 2.61 bits per heavy atom. The average Bonchev–Trinajstić information content (AvgIpc) is 3.21. The minimum atomic E-state index is -0.781. The highest BCUT2D eigenvalue weighted by molar-refractivity contribution is 7.13. The largest absolute Gasteiger partial charge is 0.322 e. The Hall–Kier alpha value is -3.45. The number of hydrogen-bond acceptors (Lipinski definition) is 4. The normalized spacial score (nSPS) is 10.6. The molecule has 28 heavy (non-hydrogen) atoms. The van der Waals surface area contributed by atoms with Crippen molar-refractivity contribution in [2.45, 2.75) is 0 Å². The van der Waals surface area contributed by atoms with E-state index in [9.17, 15) is 13.6 Å². The van der Waals surface area contributed by atoms with Crippen molar-refractivity contribution in [1.29, 1.82) is 0 Å². The number of nitrogens with zero attached hydrogens (tertiary/aromatic N) is 2. The number of benzene rings is 2. The molecule has 0 bridgehead atoms. The van der Waals surface area contributed by atoms with Gasteiger partial charge in [0.1, 0.15) is 16.6 Å². The highest BCUT2D eigenvalue weighted by Gasteiger charge is 2.14. The number of aromatic nitrogens is 2. The van der Waals surface area contributed by atoms with Gasteiger partial charge in [-0.2, -0.15) is 0 Å². The van der Waals surface area contributed by atoms with Crippen molar-refractivity contribution in [2.24, 2.45) is 0 Å². The van der Waals surface area contributed by atoms with Crippen molar-refractivity contribution >= 4 is 22.9 Å². The third kappa shape index (κ3) is 3.79. The molecule has 4 aromatic rings. The van der Waals surface area contributed by atoms with Crippen LogP contribution in [0.15, 0.2) is 72.4 Å². The van der Waals surface area contributed by atoms with E-state index in [2.05, 4.69) is 15.3 Å². The minimum Gasteiger partial charge on any atom is -0.322 e. The molecule has 138 valence electrons. The lowest BCUT2D eigenvalue weighted by molar-refractivity contribution is 0.102. The van der Waals surface area contributed by atoms with E-state index in [0.717, 1.165) is 40.0 Å². The van der Waals surface area contributed by atoms with Crippen LogP contribution in [0.1, 0.15) is 10.4 Å². The summed E-state index contributed by atoms with van der Waals surface area (Å²) in [6.07, 6.45) is 3.41. The zero-order chi connectivity index (χ0) is 19.5. The SMILES string of the molecule is O=C(Nc1cccc(-c2csc(-c3ccncc3)n2)c1)c1cc(F)ccc1F. The topological polar surface area (TPSA) is 54.9 Å². The second kappa shape index (κ2) is 7.66. The van der Waals surface area contributed by atoms with Gasteiger partial charge in [-0.15, -0.1) is 11.3 Å². The summed E-state index contributed by atoms with van der Waals surface area (Å²) in [5.41, 5.74) is 2.64. The Kier molecular flexibility index (Phi) is 4.90. The molecule has 0 aliphatic heterocycles. The Balaban J connectivity index is 1.58. The van der Waals surface area contributed by atoms with Crippen LogP contribution in [-0.2, 0) is 0 Å². The molecular weight excluding hydrogens is 380 g/mol. The predicted molar refractivity (Wildman–Crippen MR) is 105 cm³/mol. The highest BCUT2D eigenvalue weighted by atomic mass is 32.1. The van der Waals surface area contributed by atoms with E-state index in [1.165, 1.54) is 11.3 Å². The summed E-state index contributed by atoms with van der Waals surface area (Å²) >= 11 is 1.50. The molecule has 2 aromatic heterocycles. The van der Waals surface area contributed by atoms with Crippen LogP contribution in [0.25, 0.3) is 21.8 Å². The number of thiazole rings is 1. The fraction of sp³-hybridized carbons (Fsp3) is 0. The van der Waals surface area contributed by atoms with Gasteiger partial charge in [0.15, 0.2) is 0 Å². The maximum absolute atomic E-state index is 13.8. The maximum Gasteiger partial charge on any atom is 0.258 e. The third-order valence-corrected chi connectivity index (χ3v) is 4.91. The number of pyridine rings is 1. The summed E-state index contributed by atoms with van der Waals surface area (Å²) < 4.78 is 27.1. The monoisotopic (exact) mass is 393 g/mol. The number of nitrogens with one attached hydrogen (secondary N) is 1. The summed E-state index contributed by atoms with van der Waals surface area (Å²) in [7, 11) is 0. The number of anilines is 1. The van der Waals surface area contributed by atoms with E-state index >= 15 is 0 Å². The van der Waals surface area contributed by atoms with Gasteiger partial charge < -0.3 is 5.32 Å². The smallest absolute Gasteiger partial charge is 0.258 e. The molecule has 0 atom stereocenters. The molecule has 0 saturated carbocycles. The molecule has 0 spiro atoms. The highest BCUT2D eigenvalue weighted by Crippen LogP contribution is 2.29. The van der Waals surface area contributed by atoms with Crippen LogP contribution >= 0.6 is 11.3 Å². The molecule has 0 aliphatic carbocycles. The van der Waals surface area contributed by atoms with Gasteiger partial charge >= 0.3 is 0 Å². The van der Waals surface area contributed by atoms with E-state index in [-0.39, 0.29) is 5.56 Å². The van der Waals surface area contributed by atoms with Gasteiger partial charge in [-0.05, 0) is 42.5 Å². The summed E-state index contributed by atoms with van der Waals surface area (Å²) in [6, 6.07) is 13.6. The van der Waals surface area contributed by atoms with Crippen LogP contribution in [0.3, 0.4) is 0 Å². The van der Waals surface area contributed by atoms with Crippen LogP contribution < -0.4 is 5.32 Å². The molecule has 0 radical (unpaired) electrons. The lowest BCUT2D eigenvalue weighted by atomic mass is 10.1. The van der Waals surface area contributed by atoms with E-state index in [1.54, 1.807) is 30.6 Å². The number of rotatable bonds is 4. The predicted octanol–water partition coefficient (Wildman–Crippen LogP) is 5.40. The van der Waals surface area contributed by atoms with Crippen molar-refractivity contribution < 1.29 is 13.6 Å². The van der Waals surface area contributed by atoms with Crippen molar-refractivity contribution in [2.75, 3.05) is 5.32 Å². The molecule has 1 amide bonds. The molecule has 0 saturated heterocycles. The summed E-state index contributed by atoms with van der Waals surface area (Å²) in [4.78, 5) is 20.9. The zero-order valence-corrected chi connectivity index (χ0v) is 15.2. The summed E-state index contributed by atoms with van der Waals surface area (Å²) in [5.74, 6) is -2.17. The molecule has 7 heteroatoms. The molecule has 4 rings (SSSR count). The first kappa shape index (κ1) is 17.9. The van der Waals surface area contributed by atoms with Crippen molar-refractivity contribution in [1.82, 2.24) is 9.97 Å². The molecule has 4 nitrogen and oxygen atoms in total. The van der Waals surface area contributed by atoms with E-state index in [4.69, 9.17) is 0 Å². The second-order valence-corrected chi connectivity index (χ2v) is 6.79. The molecule has 2 aromatic carbocycles. The quantitative estimate of drug-likeness (QED) is 0.505. The summed E-state index contributed by atoms with van der Waals surface area (Å²) in [5, 5.41) is 5.37. The van der Waals surface area contributed by atoms with E-state index in [1.807, 2.05) is 23.6 Å². The van der Waals surface area contributed by atoms with Crippen molar-refractivity contribution in [3.8, 4) is 21.8 Å². The molecule has 2 heterocycles. The first-order valence-corrected chi connectivity index (χ1v) is 9.21. The Morgan fingerprint density at radius 2 is 1.79 bits per heavy atom. The molecular formula is C21H13F2N3OS. The third-order valence-electron chi connectivity index (χ3n) is 4.02. The number of hydrogen-bond donors (Lipinski definition) is 1. The second-order valence-electron chi connectivity index (χ2n) is 5.93. The molecule has 1 N–H and O–H groups in total. The molecule has 0 fully saturated rings. The first-order chi connectivity index (χ1) is 13.6. The fourth-order valence-corrected chi connectivity index (χ4v) is 3.49. The fourth-order valence-electron chi connectivity index (χ4n) is 2.66. The Labute approximate surface area is 163 Å². The Morgan fingerprint density at radius 1 is 0.964 bits per heavy atom.